The van der Waals surface area contributed by atoms with Crippen molar-refractivity contribution in [3.8, 4) is 0 Å². The normalized spacial score (nSPS) is 11.5. The summed E-state index contributed by atoms with van der Waals surface area (Å²) in [6, 6.07) is 5.73. The Morgan fingerprint density at radius 1 is 1.50 bits per heavy atom. The first kappa shape index (κ1) is 13.4. The molecule has 0 bridgehead atoms. The van der Waals surface area contributed by atoms with Gasteiger partial charge in [-0.25, -0.2) is 0 Å². The molecule has 0 aliphatic rings. The SMILES string of the molecule is CSc1ccc(Cl)c(C(C)(C)CC(=O)O)c1. The first-order valence-electron chi connectivity index (χ1n) is 4.92. The Kier molecular flexibility index (Phi) is 4.28. The van der Waals surface area contributed by atoms with Gasteiger partial charge in [-0.3, -0.25) is 4.79 Å². The van der Waals surface area contributed by atoms with Crippen LogP contribution < -0.4 is 0 Å². The lowest BCUT2D eigenvalue weighted by atomic mass is 9.81. The van der Waals surface area contributed by atoms with Crippen molar-refractivity contribution >= 4 is 29.3 Å². The van der Waals surface area contributed by atoms with E-state index in [2.05, 4.69) is 0 Å². The van der Waals surface area contributed by atoms with Crippen LogP contribution in [0.2, 0.25) is 5.02 Å². The van der Waals surface area contributed by atoms with E-state index >= 15 is 0 Å². The van der Waals surface area contributed by atoms with Gasteiger partial charge in [0.25, 0.3) is 0 Å². The predicted molar refractivity (Wildman–Crippen MR) is 68.5 cm³/mol. The highest BCUT2D eigenvalue weighted by Gasteiger charge is 2.26. The zero-order valence-corrected chi connectivity index (χ0v) is 11.2. The van der Waals surface area contributed by atoms with Gasteiger partial charge in [0.2, 0.25) is 0 Å². The van der Waals surface area contributed by atoms with Gasteiger partial charge in [0.05, 0.1) is 6.42 Å². The highest BCUT2D eigenvalue weighted by molar-refractivity contribution is 7.98. The number of thioether (sulfide) groups is 1. The molecule has 0 fully saturated rings. The van der Waals surface area contributed by atoms with Crippen molar-refractivity contribution in [3.05, 3.63) is 28.8 Å². The van der Waals surface area contributed by atoms with Crippen LogP contribution in [0.5, 0.6) is 0 Å². The fourth-order valence-corrected chi connectivity index (χ4v) is 2.44. The first-order valence-corrected chi connectivity index (χ1v) is 6.53. The van der Waals surface area contributed by atoms with Crippen molar-refractivity contribution in [2.24, 2.45) is 0 Å². The minimum atomic E-state index is -0.810. The summed E-state index contributed by atoms with van der Waals surface area (Å²) in [7, 11) is 0. The van der Waals surface area contributed by atoms with Crippen LogP contribution in [0.25, 0.3) is 0 Å². The summed E-state index contributed by atoms with van der Waals surface area (Å²) in [4.78, 5) is 11.9. The van der Waals surface area contributed by atoms with Gasteiger partial charge < -0.3 is 5.11 Å². The predicted octanol–water partition coefficient (Wildman–Crippen LogP) is 3.81. The Morgan fingerprint density at radius 2 is 2.12 bits per heavy atom. The third-order valence-electron chi connectivity index (χ3n) is 2.50. The first-order chi connectivity index (χ1) is 7.36. The van der Waals surface area contributed by atoms with Crippen molar-refractivity contribution in [2.45, 2.75) is 30.6 Å². The van der Waals surface area contributed by atoms with Crippen LogP contribution >= 0.6 is 23.4 Å². The Balaban J connectivity index is 3.14. The largest absolute Gasteiger partial charge is 0.481 e. The molecule has 16 heavy (non-hydrogen) atoms. The Morgan fingerprint density at radius 3 is 2.62 bits per heavy atom. The minimum absolute atomic E-state index is 0.0740. The molecular weight excluding hydrogens is 244 g/mol. The molecule has 2 nitrogen and oxygen atoms in total. The summed E-state index contributed by atoms with van der Waals surface area (Å²) in [5.41, 5.74) is 0.442. The molecule has 0 saturated carbocycles. The number of carboxylic acid groups (broad SMARTS) is 1. The third kappa shape index (κ3) is 3.16. The lowest BCUT2D eigenvalue weighted by Crippen LogP contribution is -2.22. The van der Waals surface area contributed by atoms with Gasteiger partial charge in [0.1, 0.15) is 0 Å². The fraction of sp³-hybridized carbons (Fsp3) is 0.417. The van der Waals surface area contributed by atoms with Crippen molar-refractivity contribution < 1.29 is 9.90 Å². The zero-order valence-electron chi connectivity index (χ0n) is 9.58. The molecule has 0 aromatic heterocycles. The molecule has 0 radical (unpaired) electrons. The number of halogens is 1. The van der Waals surface area contributed by atoms with E-state index in [9.17, 15) is 4.79 Å². The molecule has 0 amide bonds. The summed E-state index contributed by atoms with van der Waals surface area (Å²) in [5, 5.41) is 9.51. The second kappa shape index (κ2) is 5.11. The van der Waals surface area contributed by atoms with E-state index in [-0.39, 0.29) is 6.42 Å². The molecule has 0 aliphatic heterocycles. The number of aliphatic carboxylic acids is 1. The number of hydrogen-bond donors (Lipinski definition) is 1. The molecule has 4 heteroatoms. The topological polar surface area (TPSA) is 37.3 Å². The summed E-state index contributed by atoms with van der Waals surface area (Å²) < 4.78 is 0. The quantitative estimate of drug-likeness (QED) is 0.835. The molecule has 1 aromatic rings. The Bertz CT molecular complexity index is 402. The number of carbonyl (C=O) groups is 1. The maximum atomic E-state index is 10.8. The molecule has 0 saturated heterocycles. The van der Waals surface area contributed by atoms with Gasteiger partial charge >= 0.3 is 5.97 Å². The molecule has 0 atom stereocenters. The van der Waals surface area contributed by atoms with Crippen LogP contribution in [0.15, 0.2) is 23.1 Å². The van der Waals surface area contributed by atoms with Crippen molar-refractivity contribution in [3.63, 3.8) is 0 Å². The third-order valence-corrected chi connectivity index (χ3v) is 3.55. The fourth-order valence-electron chi connectivity index (χ4n) is 1.62. The standard InChI is InChI=1S/C12H15ClO2S/c1-12(2,7-11(14)15)9-6-8(16-3)4-5-10(9)13/h4-6H,7H2,1-3H3,(H,14,15). The van der Waals surface area contributed by atoms with Gasteiger partial charge in [-0.2, -0.15) is 0 Å². The number of hydrogen-bond acceptors (Lipinski definition) is 2. The van der Waals surface area contributed by atoms with E-state index in [1.165, 1.54) is 0 Å². The highest BCUT2D eigenvalue weighted by Crippen LogP contribution is 2.35. The molecule has 1 aromatic carbocycles. The van der Waals surface area contributed by atoms with Crippen LogP contribution in [0.4, 0.5) is 0 Å². The molecule has 88 valence electrons. The summed E-state index contributed by atoms with van der Waals surface area (Å²) in [6.07, 6.45) is 2.06. The second-order valence-corrected chi connectivity index (χ2v) is 5.59. The summed E-state index contributed by atoms with van der Waals surface area (Å²) in [5.74, 6) is -0.810. The lowest BCUT2D eigenvalue weighted by molar-refractivity contribution is -0.138. The molecule has 0 unspecified atom stereocenters. The van der Waals surface area contributed by atoms with E-state index in [0.29, 0.717) is 5.02 Å². The molecular formula is C12H15ClO2S. The van der Waals surface area contributed by atoms with Crippen LogP contribution in [0.1, 0.15) is 25.8 Å². The smallest absolute Gasteiger partial charge is 0.304 e. The van der Waals surface area contributed by atoms with E-state index in [4.69, 9.17) is 16.7 Å². The lowest BCUT2D eigenvalue weighted by Gasteiger charge is -2.24. The van der Waals surface area contributed by atoms with Gasteiger partial charge in [-0.1, -0.05) is 25.4 Å². The summed E-state index contributed by atoms with van der Waals surface area (Å²) in [6.45, 7) is 3.79. The molecule has 1 rings (SSSR count). The molecule has 0 heterocycles. The minimum Gasteiger partial charge on any atom is -0.481 e. The summed E-state index contributed by atoms with van der Waals surface area (Å²) >= 11 is 7.74. The Hall–Kier alpha value is -0.670. The average molecular weight is 259 g/mol. The van der Waals surface area contributed by atoms with E-state index in [1.54, 1.807) is 11.8 Å². The monoisotopic (exact) mass is 258 g/mol. The zero-order chi connectivity index (χ0) is 12.3. The molecule has 1 N–H and O–H groups in total. The van der Waals surface area contributed by atoms with Crippen LogP contribution in [0, 0.1) is 0 Å². The average Bonchev–Trinajstić information content (AvgIpc) is 2.16. The highest BCUT2D eigenvalue weighted by atomic mass is 35.5. The van der Waals surface area contributed by atoms with Gasteiger partial charge in [0.15, 0.2) is 0 Å². The van der Waals surface area contributed by atoms with E-state index in [1.807, 2.05) is 38.3 Å². The van der Waals surface area contributed by atoms with Gasteiger partial charge in [-0.05, 0) is 30.0 Å². The number of rotatable bonds is 4. The van der Waals surface area contributed by atoms with Crippen molar-refractivity contribution in [1.29, 1.82) is 0 Å². The second-order valence-electron chi connectivity index (χ2n) is 4.30. The Labute approximate surface area is 105 Å². The number of carboxylic acids is 1. The number of benzene rings is 1. The van der Waals surface area contributed by atoms with Crippen molar-refractivity contribution in [2.75, 3.05) is 6.26 Å². The van der Waals surface area contributed by atoms with Crippen molar-refractivity contribution in [1.82, 2.24) is 0 Å². The van der Waals surface area contributed by atoms with E-state index in [0.717, 1.165) is 10.5 Å². The maximum absolute atomic E-state index is 10.8. The van der Waals surface area contributed by atoms with Gasteiger partial charge in [0, 0.05) is 15.3 Å². The molecule has 0 spiro atoms. The van der Waals surface area contributed by atoms with Crippen LogP contribution in [-0.4, -0.2) is 17.3 Å². The molecule has 0 aliphatic carbocycles. The van der Waals surface area contributed by atoms with Gasteiger partial charge in [-0.15, -0.1) is 11.8 Å². The van der Waals surface area contributed by atoms with Crippen LogP contribution in [0.3, 0.4) is 0 Å². The van der Waals surface area contributed by atoms with E-state index < -0.39 is 11.4 Å². The van der Waals surface area contributed by atoms with Crippen LogP contribution in [-0.2, 0) is 10.2 Å². The maximum Gasteiger partial charge on any atom is 0.304 e.